The first-order chi connectivity index (χ1) is 11.8. The van der Waals surface area contributed by atoms with Gasteiger partial charge in [-0.25, -0.2) is 0 Å². The van der Waals surface area contributed by atoms with Crippen molar-refractivity contribution in [1.82, 2.24) is 10.6 Å². The molecule has 0 rings (SSSR count). The lowest BCUT2D eigenvalue weighted by Crippen LogP contribution is -2.57. The molecule has 0 aromatic carbocycles. The summed E-state index contributed by atoms with van der Waals surface area (Å²) in [6.07, 6.45) is 3.12. The number of hydrogen-bond acceptors (Lipinski definition) is 6. The average Bonchev–Trinajstić information content (AvgIpc) is 2.55. The highest BCUT2D eigenvalue weighted by Crippen LogP contribution is 2.13. The minimum atomic E-state index is -1.14. The molecule has 146 valence electrons. The van der Waals surface area contributed by atoms with Gasteiger partial charge < -0.3 is 27.2 Å². The number of nitrogens with one attached hydrogen (secondary N) is 2. The number of aliphatic hydroxyl groups excluding tert-OH is 1. The normalized spacial score (nSPS) is 15.8. The summed E-state index contributed by atoms with van der Waals surface area (Å²) in [6.45, 7) is 5.16. The van der Waals surface area contributed by atoms with Gasteiger partial charge in [0.15, 0.2) is 5.78 Å². The molecule has 0 saturated heterocycles. The summed E-state index contributed by atoms with van der Waals surface area (Å²) in [6, 6.07) is -1.98. The van der Waals surface area contributed by atoms with E-state index in [2.05, 4.69) is 17.6 Å². The molecule has 0 aromatic rings. The van der Waals surface area contributed by atoms with Crippen molar-refractivity contribution in [2.24, 2.45) is 17.4 Å². The Bertz CT molecular complexity index is 429. The lowest BCUT2D eigenvalue weighted by atomic mass is 9.97. The van der Waals surface area contributed by atoms with E-state index < -0.39 is 24.1 Å². The van der Waals surface area contributed by atoms with E-state index in [0.29, 0.717) is 6.54 Å². The van der Waals surface area contributed by atoms with Gasteiger partial charge in [0.05, 0.1) is 12.1 Å². The summed E-state index contributed by atoms with van der Waals surface area (Å²) >= 11 is 0. The van der Waals surface area contributed by atoms with Gasteiger partial charge in [-0.1, -0.05) is 26.2 Å². The maximum absolute atomic E-state index is 12.2. The molecule has 0 spiro atoms. The summed E-state index contributed by atoms with van der Waals surface area (Å²) < 4.78 is 0. The summed E-state index contributed by atoms with van der Waals surface area (Å²) in [5.41, 5.74) is 11.2. The summed E-state index contributed by atoms with van der Waals surface area (Å²) in [5, 5.41) is 14.8. The molecule has 4 atom stereocenters. The fourth-order valence-corrected chi connectivity index (χ4v) is 2.47. The first-order valence-electron chi connectivity index (χ1n) is 8.95. The first-order valence-corrected chi connectivity index (χ1v) is 8.95. The van der Waals surface area contributed by atoms with Gasteiger partial charge in [0.2, 0.25) is 11.8 Å². The smallest absolute Gasteiger partial charge is 0.245 e. The number of ketones is 1. The second-order valence-electron chi connectivity index (χ2n) is 6.49. The number of unbranched alkanes of at least 4 members (excludes halogenated alkanes) is 2. The molecule has 0 aromatic heterocycles. The van der Waals surface area contributed by atoms with E-state index in [4.69, 9.17) is 11.5 Å². The number of carbonyl (C=O) groups excluding carboxylic acids is 3. The van der Waals surface area contributed by atoms with Crippen molar-refractivity contribution < 1.29 is 19.5 Å². The molecule has 0 saturated carbocycles. The third kappa shape index (κ3) is 9.52. The lowest BCUT2D eigenvalue weighted by molar-refractivity contribution is -0.133. The Morgan fingerprint density at radius 1 is 1.08 bits per heavy atom. The third-order valence-electron chi connectivity index (χ3n) is 4.15. The van der Waals surface area contributed by atoms with Crippen LogP contribution in [0.5, 0.6) is 0 Å². The Morgan fingerprint density at radius 3 is 2.16 bits per heavy atom. The molecular weight excluding hydrogens is 324 g/mol. The van der Waals surface area contributed by atoms with Gasteiger partial charge in [0.1, 0.15) is 6.04 Å². The maximum atomic E-state index is 12.2. The zero-order chi connectivity index (χ0) is 19.4. The van der Waals surface area contributed by atoms with Gasteiger partial charge >= 0.3 is 0 Å². The Morgan fingerprint density at radius 2 is 1.72 bits per heavy atom. The molecule has 8 heteroatoms. The van der Waals surface area contributed by atoms with E-state index in [0.717, 1.165) is 25.7 Å². The topological polar surface area (TPSA) is 148 Å². The zero-order valence-corrected chi connectivity index (χ0v) is 15.6. The SMILES string of the molecule is CCCCCC(CN)CC(=O)N[C@H](C(=O)N[C@@H](CN)C(C)=O)[C@H](C)O. The molecule has 2 amide bonds. The van der Waals surface area contributed by atoms with Crippen LogP contribution in [0.4, 0.5) is 0 Å². The number of amides is 2. The monoisotopic (exact) mass is 358 g/mol. The van der Waals surface area contributed by atoms with Crippen molar-refractivity contribution in [2.45, 2.75) is 71.1 Å². The van der Waals surface area contributed by atoms with Crippen LogP contribution in [0.1, 0.15) is 52.9 Å². The van der Waals surface area contributed by atoms with Crippen LogP contribution in [0, 0.1) is 5.92 Å². The van der Waals surface area contributed by atoms with Gasteiger partial charge in [-0.3, -0.25) is 14.4 Å². The van der Waals surface area contributed by atoms with Gasteiger partial charge in [-0.05, 0) is 32.7 Å². The second kappa shape index (κ2) is 12.8. The fraction of sp³-hybridized carbons (Fsp3) is 0.824. The van der Waals surface area contributed by atoms with Crippen molar-refractivity contribution in [3.63, 3.8) is 0 Å². The molecule has 0 heterocycles. The molecule has 7 N–H and O–H groups in total. The van der Waals surface area contributed by atoms with Crippen LogP contribution in [0.15, 0.2) is 0 Å². The number of aliphatic hydroxyl groups is 1. The quantitative estimate of drug-likeness (QED) is 0.279. The van der Waals surface area contributed by atoms with Crippen LogP contribution < -0.4 is 22.1 Å². The second-order valence-corrected chi connectivity index (χ2v) is 6.49. The van der Waals surface area contributed by atoms with E-state index in [1.165, 1.54) is 13.8 Å². The van der Waals surface area contributed by atoms with Gasteiger partial charge in [0, 0.05) is 13.0 Å². The molecule has 0 aliphatic rings. The highest BCUT2D eigenvalue weighted by Gasteiger charge is 2.28. The summed E-state index contributed by atoms with van der Waals surface area (Å²) in [5.74, 6) is -1.23. The van der Waals surface area contributed by atoms with Crippen LogP contribution in [-0.4, -0.2) is 54.0 Å². The zero-order valence-electron chi connectivity index (χ0n) is 15.6. The minimum absolute atomic E-state index is 0.0401. The molecule has 0 aliphatic heterocycles. The van der Waals surface area contributed by atoms with Crippen molar-refractivity contribution in [3.05, 3.63) is 0 Å². The van der Waals surface area contributed by atoms with Crippen LogP contribution in [0.3, 0.4) is 0 Å². The Labute approximate surface area is 150 Å². The van der Waals surface area contributed by atoms with Crippen LogP contribution >= 0.6 is 0 Å². The van der Waals surface area contributed by atoms with Crippen LogP contribution in [0.25, 0.3) is 0 Å². The number of hydrogen-bond donors (Lipinski definition) is 5. The van der Waals surface area contributed by atoms with Crippen molar-refractivity contribution in [1.29, 1.82) is 0 Å². The molecular formula is C17H34N4O4. The maximum Gasteiger partial charge on any atom is 0.245 e. The lowest BCUT2D eigenvalue weighted by Gasteiger charge is -2.24. The Balaban J connectivity index is 4.70. The van der Waals surface area contributed by atoms with Gasteiger partial charge in [-0.2, -0.15) is 0 Å². The van der Waals surface area contributed by atoms with Gasteiger partial charge in [-0.15, -0.1) is 0 Å². The van der Waals surface area contributed by atoms with Crippen LogP contribution in [0.2, 0.25) is 0 Å². The van der Waals surface area contributed by atoms with Gasteiger partial charge in [0.25, 0.3) is 0 Å². The number of rotatable bonds is 13. The number of Topliss-reactive ketones (excluding diaryl/α,β-unsaturated/α-hetero) is 1. The molecule has 0 fully saturated rings. The van der Waals surface area contributed by atoms with Crippen molar-refractivity contribution in [3.8, 4) is 0 Å². The van der Waals surface area contributed by atoms with E-state index >= 15 is 0 Å². The first kappa shape index (κ1) is 23.5. The van der Waals surface area contributed by atoms with Crippen molar-refractivity contribution >= 4 is 17.6 Å². The summed E-state index contributed by atoms with van der Waals surface area (Å²) in [7, 11) is 0. The van der Waals surface area contributed by atoms with E-state index in [-0.39, 0.29) is 30.6 Å². The number of carbonyl (C=O) groups is 3. The van der Waals surface area contributed by atoms with E-state index in [1.54, 1.807) is 0 Å². The molecule has 0 radical (unpaired) electrons. The molecule has 1 unspecified atom stereocenters. The third-order valence-corrected chi connectivity index (χ3v) is 4.15. The average molecular weight is 358 g/mol. The minimum Gasteiger partial charge on any atom is -0.391 e. The predicted octanol–water partition coefficient (Wildman–Crippen LogP) is -0.570. The Hall–Kier alpha value is -1.51. The highest BCUT2D eigenvalue weighted by atomic mass is 16.3. The predicted molar refractivity (Wildman–Crippen MR) is 96.6 cm³/mol. The molecule has 0 aliphatic carbocycles. The highest BCUT2D eigenvalue weighted by molar-refractivity contribution is 5.92. The standard InChI is InChI=1S/C17H34N4O4/c1-4-5-6-7-13(9-18)8-15(24)21-16(12(3)23)17(25)20-14(10-19)11(2)22/h12-14,16,23H,4-10,18-19H2,1-3H3,(H,20,25)(H,21,24)/t12-,13?,14-,16-/m0/s1. The fourth-order valence-electron chi connectivity index (χ4n) is 2.47. The molecule has 8 nitrogen and oxygen atoms in total. The largest absolute Gasteiger partial charge is 0.391 e. The van der Waals surface area contributed by atoms with Crippen LogP contribution in [-0.2, 0) is 14.4 Å². The van der Waals surface area contributed by atoms with E-state index in [1.807, 2.05) is 0 Å². The molecule has 0 bridgehead atoms. The molecule has 25 heavy (non-hydrogen) atoms. The Kier molecular flexibility index (Phi) is 12.0. The summed E-state index contributed by atoms with van der Waals surface area (Å²) in [4.78, 5) is 35.8. The number of nitrogens with two attached hydrogens (primary N) is 2. The van der Waals surface area contributed by atoms with E-state index in [9.17, 15) is 19.5 Å². The van der Waals surface area contributed by atoms with Crippen molar-refractivity contribution in [2.75, 3.05) is 13.1 Å².